The zero-order valence-corrected chi connectivity index (χ0v) is 14.3. The van der Waals surface area contributed by atoms with E-state index in [4.69, 9.17) is 4.74 Å². The Kier molecular flexibility index (Phi) is 4.67. The van der Waals surface area contributed by atoms with Crippen LogP contribution in [0.1, 0.15) is 16.7 Å². The van der Waals surface area contributed by atoms with Crippen LogP contribution in [-0.4, -0.2) is 11.1 Å². The van der Waals surface area contributed by atoms with E-state index >= 15 is 0 Å². The molecule has 1 aromatic heterocycles. The average Bonchev–Trinajstić information content (AvgIpc) is 2.86. The zero-order chi connectivity index (χ0) is 16.2. The van der Waals surface area contributed by atoms with Crippen LogP contribution in [0.5, 0.6) is 0 Å². The molecule has 0 aliphatic carbocycles. The number of carbonyl (C=O) groups excluding carboxylic acids is 1. The van der Waals surface area contributed by atoms with Crippen molar-refractivity contribution in [1.82, 2.24) is 10.3 Å². The third kappa shape index (κ3) is 3.74. The van der Waals surface area contributed by atoms with Crippen LogP contribution in [0.25, 0.3) is 10.9 Å². The summed E-state index contributed by atoms with van der Waals surface area (Å²) in [5.74, 6) is 0. The zero-order valence-electron chi connectivity index (χ0n) is 12.7. The van der Waals surface area contributed by atoms with Gasteiger partial charge in [-0.05, 0) is 51.7 Å². The highest BCUT2D eigenvalue weighted by Crippen LogP contribution is 2.26. The number of amides is 1. The number of hydrogen-bond acceptors (Lipinski definition) is 2. The van der Waals surface area contributed by atoms with Crippen molar-refractivity contribution in [1.29, 1.82) is 0 Å². The quantitative estimate of drug-likeness (QED) is 0.699. The normalized spacial score (nSPS) is 10.7. The van der Waals surface area contributed by atoms with Gasteiger partial charge in [-0.15, -0.1) is 0 Å². The number of aryl methyl sites for hydroxylation is 1. The molecule has 2 aromatic carbocycles. The molecule has 0 spiro atoms. The first kappa shape index (κ1) is 15.6. The summed E-state index contributed by atoms with van der Waals surface area (Å²) in [5.41, 5.74) is 4.24. The van der Waals surface area contributed by atoms with Gasteiger partial charge < -0.3 is 15.0 Å². The lowest BCUT2D eigenvalue weighted by Crippen LogP contribution is -2.23. The van der Waals surface area contributed by atoms with Crippen molar-refractivity contribution in [3.8, 4) is 0 Å². The van der Waals surface area contributed by atoms with E-state index in [1.807, 2.05) is 49.4 Å². The van der Waals surface area contributed by atoms with E-state index in [9.17, 15) is 4.79 Å². The minimum Gasteiger partial charge on any atom is -0.445 e. The van der Waals surface area contributed by atoms with Crippen LogP contribution in [0.4, 0.5) is 4.79 Å². The number of hydrogen-bond donors (Lipinski definition) is 2. The van der Waals surface area contributed by atoms with E-state index in [1.165, 1.54) is 0 Å². The SMILES string of the molecule is Cc1c(Br)[nH]c2ccc(CNC(=O)OCc3ccccc3)cc12. The van der Waals surface area contributed by atoms with Crippen LogP contribution in [0.15, 0.2) is 53.1 Å². The van der Waals surface area contributed by atoms with Gasteiger partial charge in [0.1, 0.15) is 6.61 Å². The Balaban J connectivity index is 1.57. The molecule has 1 heterocycles. The highest BCUT2D eigenvalue weighted by molar-refractivity contribution is 9.10. The summed E-state index contributed by atoms with van der Waals surface area (Å²) in [6, 6.07) is 15.7. The predicted octanol–water partition coefficient (Wildman–Crippen LogP) is 4.67. The van der Waals surface area contributed by atoms with Crippen molar-refractivity contribution in [3.05, 3.63) is 69.8 Å². The van der Waals surface area contributed by atoms with Gasteiger partial charge in [0.15, 0.2) is 0 Å². The van der Waals surface area contributed by atoms with Crippen LogP contribution >= 0.6 is 15.9 Å². The number of ether oxygens (including phenoxy) is 1. The summed E-state index contributed by atoms with van der Waals surface area (Å²) < 4.78 is 6.19. The lowest BCUT2D eigenvalue weighted by Gasteiger charge is -2.07. The number of aromatic nitrogens is 1. The number of halogens is 1. The number of carbonyl (C=O) groups is 1. The lowest BCUT2D eigenvalue weighted by atomic mass is 10.1. The van der Waals surface area contributed by atoms with Gasteiger partial charge in [-0.25, -0.2) is 4.79 Å². The summed E-state index contributed by atoms with van der Waals surface area (Å²) in [6.45, 7) is 2.76. The van der Waals surface area contributed by atoms with E-state index in [2.05, 4.69) is 32.3 Å². The standard InChI is InChI=1S/C18H17BrN2O2/c1-12-15-9-14(7-8-16(15)21-17(12)19)10-20-18(22)23-11-13-5-3-2-4-6-13/h2-9,21H,10-11H2,1H3,(H,20,22). The Bertz CT molecular complexity index is 828. The van der Waals surface area contributed by atoms with Gasteiger partial charge in [-0.3, -0.25) is 0 Å². The van der Waals surface area contributed by atoms with Gasteiger partial charge in [0.25, 0.3) is 0 Å². The van der Waals surface area contributed by atoms with Crippen molar-refractivity contribution in [2.45, 2.75) is 20.1 Å². The number of aromatic amines is 1. The van der Waals surface area contributed by atoms with Gasteiger partial charge in [0, 0.05) is 17.4 Å². The molecule has 3 aromatic rings. The molecule has 0 saturated carbocycles. The smallest absolute Gasteiger partial charge is 0.407 e. The van der Waals surface area contributed by atoms with Crippen molar-refractivity contribution in [2.24, 2.45) is 0 Å². The molecule has 0 unspecified atom stereocenters. The van der Waals surface area contributed by atoms with E-state index in [0.29, 0.717) is 6.54 Å². The molecule has 23 heavy (non-hydrogen) atoms. The molecule has 0 fully saturated rings. The van der Waals surface area contributed by atoms with E-state index < -0.39 is 6.09 Å². The molecule has 2 N–H and O–H groups in total. The first-order valence-electron chi connectivity index (χ1n) is 7.35. The van der Waals surface area contributed by atoms with Gasteiger partial charge in [0.05, 0.1) is 4.60 Å². The molecule has 5 heteroatoms. The first-order chi connectivity index (χ1) is 11.1. The molecule has 4 nitrogen and oxygen atoms in total. The fourth-order valence-electron chi connectivity index (χ4n) is 2.40. The van der Waals surface area contributed by atoms with Gasteiger partial charge in [-0.2, -0.15) is 0 Å². The highest BCUT2D eigenvalue weighted by Gasteiger charge is 2.07. The Labute approximate surface area is 143 Å². The number of fused-ring (bicyclic) bond motifs is 1. The van der Waals surface area contributed by atoms with Gasteiger partial charge >= 0.3 is 6.09 Å². The Morgan fingerprint density at radius 1 is 1.17 bits per heavy atom. The van der Waals surface area contributed by atoms with Gasteiger partial charge in [-0.1, -0.05) is 36.4 Å². The average molecular weight is 373 g/mol. The number of rotatable bonds is 4. The molecule has 1 amide bonds. The lowest BCUT2D eigenvalue weighted by molar-refractivity contribution is 0.139. The van der Waals surface area contributed by atoms with Crippen LogP contribution in [0.3, 0.4) is 0 Å². The third-order valence-electron chi connectivity index (χ3n) is 3.71. The largest absolute Gasteiger partial charge is 0.445 e. The summed E-state index contributed by atoms with van der Waals surface area (Å²) >= 11 is 3.49. The van der Waals surface area contributed by atoms with Crippen LogP contribution in [0.2, 0.25) is 0 Å². The van der Waals surface area contributed by atoms with E-state index in [-0.39, 0.29) is 6.61 Å². The number of benzene rings is 2. The number of H-pyrrole nitrogens is 1. The van der Waals surface area contributed by atoms with Crippen molar-refractivity contribution >= 4 is 32.9 Å². The van der Waals surface area contributed by atoms with Crippen molar-refractivity contribution in [3.63, 3.8) is 0 Å². The molecule has 0 bridgehead atoms. The molecule has 3 rings (SSSR count). The Morgan fingerprint density at radius 2 is 1.96 bits per heavy atom. The fourth-order valence-corrected chi connectivity index (χ4v) is 2.83. The van der Waals surface area contributed by atoms with E-state index in [0.717, 1.165) is 32.2 Å². The molecule has 0 aliphatic heterocycles. The summed E-state index contributed by atoms with van der Waals surface area (Å²) in [6.07, 6.45) is -0.416. The van der Waals surface area contributed by atoms with Gasteiger partial charge in [0.2, 0.25) is 0 Å². The van der Waals surface area contributed by atoms with Crippen molar-refractivity contribution < 1.29 is 9.53 Å². The molecule has 0 radical (unpaired) electrons. The molecular weight excluding hydrogens is 356 g/mol. The maximum absolute atomic E-state index is 11.8. The maximum atomic E-state index is 11.8. The minimum absolute atomic E-state index is 0.273. The summed E-state index contributed by atoms with van der Waals surface area (Å²) in [4.78, 5) is 15.0. The molecule has 0 saturated heterocycles. The molecule has 0 atom stereocenters. The topological polar surface area (TPSA) is 54.1 Å². The molecule has 0 aliphatic rings. The summed E-state index contributed by atoms with van der Waals surface area (Å²) in [7, 11) is 0. The molecular formula is C18H17BrN2O2. The monoisotopic (exact) mass is 372 g/mol. The second-order valence-corrected chi connectivity index (χ2v) is 6.15. The maximum Gasteiger partial charge on any atom is 0.407 e. The Morgan fingerprint density at radius 3 is 2.74 bits per heavy atom. The van der Waals surface area contributed by atoms with E-state index in [1.54, 1.807) is 0 Å². The fraction of sp³-hybridized carbons (Fsp3) is 0.167. The van der Waals surface area contributed by atoms with Crippen LogP contribution < -0.4 is 5.32 Å². The second kappa shape index (κ2) is 6.87. The predicted molar refractivity (Wildman–Crippen MR) is 94.2 cm³/mol. The first-order valence-corrected chi connectivity index (χ1v) is 8.14. The van der Waals surface area contributed by atoms with Crippen LogP contribution in [0, 0.1) is 6.92 Å². The van der Waals surface area contributed by atoms with Crippen molar-refractivity contribution in [2.75, 3.05) is 0 Å². The number of nitrogens with one attached hydrogen (secondary N) is 2. The second-order valence-electron chi connectivity index (χ2n) is 5.36. The van der Waals surface area contributed by atoms with Crippen LogP contribution in [-0.2, 0) is 17.9 Å². The Hall–Kier alpha value is -2.27. The minimum atomic E-state index is -0.416. The molecule has 118 valence electrons. The number of alkyl carbamates (subject to hydrolysis) is 1. The highest BCUT2D eigenvalue weighted by atomic mass is 79.9. The third-order valence-corrected chi connectivity index (χ3v) is 4.50. The summed E-state index contributed by atoms with van der Waals surface area (Å²) in [5, 5.41) is 3.92.